The van der Waals surface area contributed by atoms with Gasteiger partial charge in [0.25, 0.3) is 0 Å². The van der Waals surface area contributed by atoms with E-state index >= 15 is 0 Å². The van der Waals surface area contributed by atoms with Gasteiger partial charge in [-0.1, -0.05) is 0 Å². The number of rotatable bonds is 1. The van der Waals surface area contributed by atoms with Crippen molar-refractivity contribution in [1.82, 2.24) is 15.5 Å². The zero-order valence-corrected chi connectivity index (χ0v) is 10.6. The molecule has 2 rings (SSSR count). The molecule has 17 heavy (non-hydrogen) atoms. The van der Waals surface area contributed by atoms with Gasteiger partial charge in [-0.05, 0) is 6.92 Å². The summed E-state index contributed by atoms with van der Waals surface area (Å²) in [6, 6.07) is -0.320. The molecule has 6 nitrogen and oxygen atoms in total. The van der Waals surface area contributed by atoms with Gasteiger partial charge in [0, 0.05) is 19.6 Å². The molecule has 0 spiro atoms. The van der Waals surface area contributed by atoms with Crippen LogP contribution < -0.4 is 10.6 Å². The van der Waals surface area contributed by atoms with Crippen molar-refractivity contribution >= 4 is 24.2 Å². The first kappa shape index (κ1) is 14.2. The molecule has 2 fully saturated rings. The summed E-state index contributed by atoms with van der Waals surface area (Å²) in [7, 11) is 0. The van der Waals surface area contributed by atoms with Crippen LogP contribution in [0.2, 0.25) is 0 Å². The Morgan fingerprint density at radius 3 is 2.88 bits per heavy atom. The van der Waals surface area contributed by atoms with E-state index < -0.39 is 0 Å². The van der Waals surface area contributed by atoms with Gasteiger partial charge in [0.05, 0.1) is 19.3 Å². The Hall–Kier alpha value is -0.850. The number of morpholine rings is 1. The minimum Gasteiger partial charge on any atom is -0.375 e. The lowest BCUT2D eigenvalue weighted by Gasteiger charge is -2.35. The van der Waals surface area contributed by atoms with E-state index in [1.54, 1.807) is 4.90 Å². The van der Waals surface area contributed by atoms with Gasteiger partial charge >= 0.3 is 0 Å². The lowest BCUT2D eigenvalue weighted by molar-refractivity contribution is -0.144. The third-order valence-electron chi connectivity index (χ3n) is 2.93. The summed E-state index contributed by atoms with van der Waals surface area (Å²) in [5.41, 5.74) is 0. The van der Waals surface area contributed by atoms with Gasteiger partial charge in [-0.25, -0.2) is 0 Å². The van der Waals surface area contributed by atoms with E-state index in [0.717, 1.165) is 0 Å². The van der Waals surface area contributed by atoms with Crippen LogP contribution in [0.15, 0.2) is 0 Å². The third kappa shape index (κ3) is 3.31. The van der Waals surface area contributed by atoms with Crippen LogP contribution in [0.5, 0.6) is 0 Å². The molecule has 2 saturated heterocycles. The second-order valence-electron chi connectivity index (χ2n) is 4.12. The number of ether oxygens (including phenoxy) is 1. The fourth-order valence-electron chi connectivity index (χ4n) is 2.03. The van der Waals surface area contributed by atoms with Crippen molar-refractivity contribution in [2.75, 3.05) is 32.8 Å². The average Bonchev–Trinajstić information content (AvgIpc) is 2.29. The summed E-state index contributed by atoms with van der Waals surface area (Å²) < 4.78 is 5.42. The molecule has 0 unspecified atom stereocenters. The zero-order chi connectivity index (χ0) is 11.5. The molecule has 0 aromatic heterocycles. The number of nitrogens with one attached hydrogen (secondary N) is 2. The van der Waals surface area contributed by atoms with Gasteiger partial charge in [0.1, 0.15) is 6.04 Å². The molecule has 2 heterocycles. The number of halogens is 1. The topological polar surface area (TPSA) is 70.7 Å². The summed E-state index contributed by atoms with van der Waals surface area (Å²) in [4.78, 5) is 24.9. The number of carbonyl (C=O) groups excluding carboxylic acids is 2. The monoisotopic (exact) mass is 263 g/mol. The fourth-order valence-corrected chi connectivity index (χ4v) is 2.03. The molecule has 0 aromatic carbocycles. The first-order chi connectivity index (χ1) is 7.68. The highest BCUT2D eigenvalue weighted by atomic mass is 35.5. The molecule has 0 radical (unpaired) electrons. The standard InChI is InChI=1S/C10H17N3O3.ClH/c1-7-9(12-3-5-16-7)10(15)13-4-2-11-8(14)6-13;/h7,9,12H,2-6H2,1H3,(H,11,14);1H/t7-,9+;/m1./s1. The molecule has 2 aliphatic rings. The summed E-state index contributed by atoms with van der Waals surface area (Å²) in [5, 5.41) is 5.83. The Morgan fingerprint density at radius 1 is 1.47 bits per heavy atom. The fraction of sp³-hybridized carbons (Fsp3) is 0.800. The number of piperazine rings is 1. The molecular formula is C10H18ClN3O3. The molecule has 0 saturated carbocycles. The van der Waals surface area contributed by atoms with E-state index in [-0.39, 0.29) is 42.9 Å². The van der Waals surface area contributed by atoms with Crippen molar-refractivity contribution < 1.29 is 14.3 Å². The second-order valence-corrected chi connectivity index (χ2v) is 4.12. The maximum atomic E-state index is 12.1. The number of nitrogens with zero attached hydrogens (tertiary/aromatic N) is 1. The van der Waals surface area contributed by atoms with Crippen molar-refractivity contribution in [2.24, 2.45) is 0 Å². The normalized spacial score (nSPS) is 29.2. The van der Waals surface area contributed by atoms with E-state index in [2.05, 4.69) is 10.6 Å². The summed E-state index contributed by atoms with van der Waals surface area (Å²) in [5.74, 6) is -0.133. The number of carbonyl (C=O) groups is 2. The largest absolute Gasteiger partial charge is 0.375 e. The maximum absolute atomic E-state index is 12.1. The van der Waals surface area contributed by atoms with E-state index in [9.17, 15) is 9.59 Å². The highest BCUT2D eigenvalue weighted by Gasteiger charge is 2.33. The Labute approximate surface area is 106 Å². The molecule has 98 valence electrons. The van der Waals surface area contributed by atoms with E-state index in [0.29, 0.717) is 26.2 Å². The summed E-state index contributed by atoms with van der Waals surface area (Å²) >= 11 is 0. The minimum absolute atomic E-state index is 0. The van der Waals surface area contributed by atoms with E-state index in [1.165, 1.54) is 0 Å². The van der Waals surface area contributed by atoms with Gasteiger partial charge in [-0.2, -0.15) is 0 Å². The predicted octanol–water partition coefficient (Wildman–Crippen LogP) is -1.26. The quantitative estimate of drug-likeness (QED) is 0.620. The number of amides is 2. The second kappa shape index (κ2) is 6.18. The molecular weight excluding hydrogens is 246 g/mol. The molecule has 7 heteroatoms. The smallest absolute Gasteiger partial charge is 0.242 e. The molecule has 0 bridgehead atoms. The maximum Gasteiger partial charge on any atom is 0.242 e. The van der Waals surface area contributed by atoms with Crippen LogP contribution in [0, 0.1) is 0 Å². The SMILES string of the molecule is C[C@H]1OCCN[C@@H]1C(=O)N1CCNC(=O)C1.Cl. The van der Waals surface area contributed by atoms with Crippen LogP contribution in [0.3, 0.4) is 0 Å². The molecule has 2 amide bonds. The van der Waals surface area contributed by atoms with Crippen molar-refractivity contribution in [2.45, 2.75) is 19.1 Å². The average molecular weight is 264 g/mol. The Balaban J connectivity index is 0.00000144. The van der Waals surface area contributed by atoms with Crippen molar-refractivity contribution in [3.63, 3.8) is 0 Å². The van der Waals surface area contributed by atoms with Crippen LogP contribution in [0.1, 0.15) is 6.92 Å². The van der Waals surface area contributed by atoms with Crippen LogP contribution in [-0.2, 0) is 14.3 Å². The Bertz CT molecular complexity index is 301. The first-order valence-electron chi connectivity index (χ1n) is 5.59. The van der Waals surface area contributed by atoms with Crippen molar-refractivity contribution in [1.29, 1.82) is 0 Å². The van der Waals surface area contributed by atoms with Crippen LogP contribution in [0.25, 0.3) is 0 Å². The summed E-state index contributed by atoms with van der Waals surface area (Å²) in [6.07, 6.45) is -0.133. The zero-order valence-electron chi connectivity index (χ0n) is 9.77. The first-order valence-corrected chi connectivity index (χ1v) is 5.59. The Kier molecular flexibility index (Phi) is 5.17. The molecule has 0 aromatic rings. The molecule has 2 aliphatic heterocycles. The highest BCUT2D eigenvalue weighted by molar-refractivity contribution is 5.88. The molecule has 2 N–H and O–H groups in total. The van der Waals surface area contributed by atoms with Gasteiger partial charge in [0.15, 0.2) is 0 Å². The van der Waals surface area contributed by atoms with E-state index in [1.807, 2.05) is 6.92 Å². The molecule has 2 atom stereocenters. The summed E-state index contributed by atoms with van der Waals surface area (Å²) in [6.45, 7) is 4.46. The van der Waals surface area contributed by atoms with Crippen LogP contribution in [0.4, 0.5) is 0 Å². The van der Waals surface area contributed by atoms with Crippen molar-refractivity contribution in [3.05, 3.63) is 0 Å². The van der Waals surface area contributed by atoms with Gasteiger partial charge in [-0.15, -0.1) is 12.4 Å². The lowest BCUT2D eigenvalue weighted by Crippen LogP contribution is -2.60. The number of hydrogen-bond donors (Lipinski definition) is 2. The minimum atomic E-state index is -0.320. The number of hydrogen-bond acceptors (Lipinski definition) is 4. The van der Waals surface area contributed by atoms with Gasteiger partial charge in [-0.3, -0.25) is 9.59 Å². The van der Waals surface area contributed by atoms with Crippen LogP contribution in [-0.4, -0.2) is 61.6 Å². The van der Waals surface area contributed by atoms with Gasteiger partial charge in [0.2, 0.25) is 11.8 Å². The van der Waals surface area contributed by atoms with Crippen LogP contribution >= 0.6 is 12.4 Å². The predicted molar refractivity (Wildman–Crippen MR) is 64.0 cm³/mol. The third-order valence-corrected chi connectivity index (χ3v) is 2.93. The van der Waals surface area contributed by atoms with Crippen molar-refractivity contribution in [3.8, 4) is 0 Å². The van der Waals surface area contributed by atoms with E-state index in [4.69, 9.17) is 4.74 Å². The van der Waals surface area contributed by atoms with Gasteiger partial charge < -0.3 is 20.3 Å². The Morgan fingerprint density at radius 2 is 2.24 bits per heavy atom. The molecule has 0 aliphatic carbocycles. The highest BCUT2D eigenvalue weighted by Crippen LogP contribution is 2.08. The lowest BCUT2D eigenvalue weighted by atomic mass is 10.1.